The number of para-hydroxylation sites is 1. The molecular formula is C16H22N6O. The van der Waals surface area contributed by atoms with Gasteiger partial charge in [-0.3, -0.25) is 9.89 Å². The lowest BCUT2D eigenvalue weighted by Gasteiger charge is -2.04. The summed E-state index contributed by atoms with van der Waals surface area (Å²) in [6.07, 6.45) is 4.44. The van der Waals surface area contributed by atoms with Crippen LogP contribution in [0.2, 0.25) is 0 Å². The second kappa shape index (κ2) is 7.98. The van der Waals surface area contributed by atoms with E-state index < -0.39 is 0 Å². The third-order valence-electron chi connectivity index (χ3n) is 3.32. The summed E-state index contributed by atoms with van der Waals surface area (Å²) in [4.78, 5) is 16.0. The highest BCUT2D eigenvalue weighted by Gasteiger charge is 2.07. The molecule has 7 heteroatoms. The summed E-state index contributed by atoms with van der Waals surface area (Å²) in [7, 11) is 0. The fourth-order valence-electron chi connectivity index (χ4n) is 2.09. The fourth-order valence-corrected chi connectivity index (χ4v) is 2.09. The number of aromatic amines is 1. The monoisotopic (exact) mass is 314 g/mol. The van der Waals surface area contributed by atoms with Gasteiger partial charge in [0.2, 0.25) is 0 Å². The van der Waals surface area contributed by atoms with Crippen LogP contribution in [0.15, 0.2) is 41.0 Å². The Hall–Kier alpha value is -2.83. The van der Waals surface area contributed by atoms with Crippen LogP contribution in [0.1, 0.15) is 26.2 Å². The standard InChI is InChI=1S/C16H22N6O/c1-2-3-6-9-19-16(23)12(17)10-14(18)20-15-11-7-4-5-8-13(11)21-22-15/h4-5,7-8,10H,2-3,6,9,17H2,1H3,(H,19,23)(H3,18,20,21,22). The van der Waals surface area contributed by atoms with Crippen molar-refractivity contribution >= 4 is 28.5 Å². The molecule has 1 aromatic heterocycles. The number of carbonyl (C=O) groups is 1. The number of aromatic nitrogens is 2. The summed E-state index contributed by atoms with van der Waals surface area (Å²) in [5.74, 6) is 0.250. The van der Waals surface area contributed by atoms with Crippen LogP contribution in [0.3, 0.4) is 0 Å². The minimum absolute atomic E-state index is 0.0302. The number of fused-ring (bicyclic) bond motifs is 1. The summed E-state index contributed by atoms with van der Waals surface area (Å²) in [6, 6.07) is 7.57. The van der Waals surface area contributed by atoms with Gasteiger partial charge in [-0.05, 0) is 18.6 Å². The van der Waals surface area contributed by atoms with Gasteiger partial charge < -0.3 is 16.8 Å². The van der Waals surface area contributed by atoms with E-state index >= 15 is 0 Å². The van der Waals surface area contributed by atoms with Crippen LogP contribution in [0.4, 0.5) is 5.82 Å². The van der Waals surface area contributed by atoms with Gasteiger partial charge in [-0.2, -0.15) is 5.10 Å². The molecule has 1 aromatic carbocycles. The Morgan fingerprint density at radius 2 is 2.13 bits per heavy atom. The van der Waals surface area contributed by atoms with Crippen molar-refractivity contribution in [1.29, 1.82) is 0 Å². The molecule has 7 nitrogen and oxygen atoms in total. The number of nitrogens with two attached hydrogens (primary N) is 2. The number of benzene rings is 1. The first-order chi connectivity index (χ1) is 11.1. The van der Waals surface area contributed by atoms with Crippen molar-refractivity contribution in [2.24, 2.45) is 16.5 Å². The molecule has 0 fully saturated rings. The maximum absolute atomic E-state index is 11.8. The summed E-state index contributed by atoms with van der Waals surface area (Å²) >= 11 is 0. The van der Waals surface area contributed by atoms with Crippen LogP contribution in [-0.2, 0) is 4.79 Å². The van der Waals surface area contributed by atoms with Crippen LogP contribution in [0, 0.1) is 0 Å². The third-order valence-corrected chi connectivity index (χ3v) is 3.32. The van der Waals surface area contributed by atoms with Gasteiger partial charge >= 0.3 is 0 Å². The van der Waals surface area contributed by atoms with Gasteiger partial charge in [0.25, 0.3) is 5.91 Å². The largest absolute Gasteiger partial charge is 0.394 e. The lowest BCUT2D eigenvalue weighted by molar-refractivity contribution is -0.117. The highest BCUT2D eigenvalue weighted by molar-refractivity contribution is 6.03. The quantitative estimate of drug-likeness (QED) is 0.269. The molecule has 6 N–H and O–H groups in total. The number of carbonyl (C=O) groups excluding carboxylic acids is 1. The number of aliphatic imine (C=N–C) groups is 1. The molecule has 1 amide bonds. The first kappa shape index (κ1) is 16.5. The van der Waals surface area contributed by atoms with Gasteiger partial charge in [0, 0.05) is 18.0 Å². The van der Waals surface area contributed by atoms with Gasteiger partial charge in [0.15, 0.2) is 5.82 Å². The minimum Gasteiger partial charge on any atom is -0.394 e. The molecule has 2 aromatic rings. The third kappa shape index (κ3) is 4.57. The first-order valence-electron chi connectivity index (χ1n) is 7.64. The van der Waals surface area contributed by atoms with Crippen molar-refractivity contribution in [2.75, 3.05) is 6.54 Å². The molecule has 122 valence electrons. The number of rotatable bonds is 7. The van der Waals surface area contributed by atoms with Gasteiger partial charge in [0.1, 0.15) is 11.5 Å². The van der Waals surface area contributed by atoms with Crippen LogP contribution in [0.25, 0.3) is 10.9 Å². The normalized spacial score (nSPS) is 12.6. The van der Waals surface area contributed by atoms with Gasteiger partial charge in [-0.15, -0.1) is 0 Å². The lowest BCUT2D eigenvalue weighted by atomic mass is 10.2. The van der Waals surface area contributed by atoms with E-state index in [4.69, 9.17) is 11.5 Å². The van der Waals surface area contributed by atoms with E-state index in [9.17, 15) is 4.79 Å². The number of hydrogen-bond acceptors (Lipinski definition) is 4. The molecule has 0 aliphatic heterocycles. The van der Waals surface area contributed by atoms with E-state index in [1.54, 1.807) is 0 Å². The van der Waals surface area contributed by atoms with Crippen molar-refractivity contribution in [3.05, 3.63) is 36.0 Å². The maximum Gasteiger partial charge on any atom is 0.267 e. The smallest absolute Gasteiger partial charge is 0.267 e. The van der Waals surface area contributed by atoms with Gasteiger partial charge in [-0.25, -0.2) is 4.99 Å². The average Bonchev–Trinajstić information content (AvgIpc) is 2.94. The molecule has 0 radical (unpaired) electrons. The van der Waals surface area contributed by atoms with Crippen LogP contribution >= 0.6 is 0 Å². The van der Waals surface area contributed by atoms with Crippen molar-refractivity contribution < 1.29 is 4.79 Å². The Morgan fingerprint density at radius 3 is 2.91 bits per heavy atom. The number of unbranched alkanes of at least 4 members (excludes halogenated alkanes) is 2. The number of nitrogens with one attached hydrogen (secondary N) is 2. The molecule has 0 saturated carbocycles. The Kier molecular flexibility index (Phi) is 5.74. The van der Waals surface area contributed by atoms with Crippen LogP contribution in [-0.4, -0.2) is 28.5 Å². The number of H-pyrrole nitrogens is 1. The molecule has 0 unspecified atom stereocenters. The van der Waals surface area contributed by atoms with E-state index in [0.29, 0.717) is 12.4 Å². The maximum atomic E-state index is 11.8. The molecule has 0 saturated heterocycles. The molecule has 0 bridgehead atoms. The van der Waals surface area contributed by atoms with E-state index in [2.05, 4.69) is 27.4 Å². The van der Waals surface area contributed by atoms with E-state index in [0.717, 1.165) is 30.2 Å². The zero-order valence-electron chi connectivity index (χ0n) is 13.2. The summed E-state index contributed by atoms with van der Waals surface area (Å²) in [5, 5.41) is 10.6. The Labute approximate surface area is 134 Å². The SMILES string of the molecule is CCCCCNC(=O)C(N)=CC(N)=Nc1n[nH]c2ccccc12. The molecule has 23 heavy (non-hydrogen) atoms. The van der Waals surface area contributed by atoms with Crippen molar-refractivity contribution in [2.45, 2.75) is 26.2 Å². The number of hydrogen-bond donors (Lipinski definition) is 4. The summed E-state index contributed by atoms with van der Waals surface area (Å²) < 4.78 is 0. The molecule has 0 spiro atoms. The highest BCUT2D eigenvalue weighted by atomic mass is 16.1. The van der Waals surface area contributed by atoms with Crippen LogP contribution < -0.4 is 16.8 Å². The predicted octanol–water partition coefficient (Wildman–Crippen LogP) is 1.70. The number of nitrogens with zero attached hydrogens (tertiary/aromatic N) is 2. The zero-order valence-corrected chi connectivity index (χ0v) is 13.2. The molecule has 0 atom stereocenters. The van der Waals surface area contributed by atoms with E-state index in [-0.39, 0.29) is 17.4 Å². The Bertz CT molecular complexity index is 731. The Morgan fingerprint density at radius 1 is 1.35 bits per heavy atom. The fraction of sp³-hybridized carbons (Fsp3) is 0.312. The van der Waals surface area contributed by atoms with Crippen molar-refractivity contribution in [3.63, 3.8) is 0 Å². The predicted molar refractivity (Wildman–Crippen MR) is 92.2 cm³/mol. The lowest BCUT2D eigenvalue weighted by Crippen LogP contribution is -2.30. The number of amides is 1. The minimum atomic E-state index is -0.342. The molecule has 0 aliphatic carbocycles. The van der Waals surface area contributed by atoms with Gasteiger partial charge in [-0.1, -0.05) is 31.9 Å². The number of amidine groups is 1. The highest BCUT2D eigenvalue weighted by Crippen LogP contribution is 2.22. The van der Waals surface area contributed by atoms with E-state index in [1.807, 2.05) is 24.3 Å². The first-order valence-corrected chi connectivity index (χ1v) is 7.64. The van der Waals surface area contributed by atoms with Crippen LogP contribution in [0.5, 0.6) is 0 Å². The van der Waals surface area contributed by atoms with Crippen molar-refractivity contribution in [3.8, 4) is 0 Å². The van der Waals surface area contributed by atoms with Crippen molar-refractivity contribution in [1.82, 2.24) is 15.5 Å². The molecule has 2 rings (SSSR count). The van der Waals surface area contributed by atoms with E-state index in [1.165, 1.54) is 6.08 Å². The zero-order chi connectivity index (χ0) is 16.7. The second-order valence-electron chi connectivity index (χ2n) is 5.19. The Balaban J connectivity index is 2.04. The molecular weight excluding hydrogens is 292 g/mol. The average molecular weight is 314 g/mol. The topological polar surface area (TPSA) is 122 Å². The summed E-state index contributed by atoms with van der Waals surface area (Å²) in [5.41, 5.74) is 12.5. The molecule has 1 heterocycles. The second-order valence-corrected chi connectivity index (χ2v) is 5.19. The molecule has 0 aliphatic rings. The summed E-state index contributed by atoms with van der Waals surface area (Å²) in [6.45, 7) is 2.70. The van der Waals surface area contributed by atoms with Gasteiger partial charge in [0.05, 0.1) is 5.52 Å².